The highest BCUT2D eigenvalue weighted by Gasteiger charge is 2.21. The number of nitrogens with zero attached hydrogens (tertiary/aromatic N) is 4. The Bertz CT molecular complexity index is 729. The van der Waals surface area contributed by atoms with Crippen molar-refractivity contribution in [2.75, 3.05) is 50.0 Å². The lowest BCUT2D eigenvalue weighted by Gasteiger charge is -2.37. The SMILES string of the molecule is CN=C(NCC(Nc1ccccc1)C(C)C)N1CCN(c2ccccn2)CC1.I. The largest absolute Gasteiger partial charge is 0.380 e. The fourth-order valence-corrected chi connectivity index (χ4v) is 3.42. The molecule has 2 aromatic rings. The Balaban J connectivity index is 0.00000300. The molecular weight excluding hydrogens is 475 g/mol. The predicted octanol–water partition coefficient (Wildman–Crippen LogP) is 3.53. The summed E-state index contributed by atoms with van der Waals surface area (Å²) in [4.78, 5) is 13.6. The van der Waals surface area contributed by atoms with Gasteiger partial charge in [-0.05, 0) is 30.2 Å². The van der Waals surface area contributed by atoms with Crippen LogP contribution in [-0.4, -0.2) is 61.7 Å². The second-order valence-electron chi connectivity index (χ2n) is 7.45. The first-order chi connectivity index (χ1) is 13.7. The third-order valence-corrected chi connectivity index (χ3v) is 5.17. The lowest BCUT2D eigenvalue weighted by atomic mass is 10.0. The maximum atomic E-state index is 4.52. The van der Waals surface area contributed by atoms with Gasteiger partial charge in [0.2, 0.25) is 0 Å². The van der Waals surface area contributed by atoms with Gasteiger partial charge in [-0.15, -0.1) is 24.0 Å². The van der Waals surface area contributed by atoms with Gasteiger partial charge in [0.25, 0.3) is 0 Å². The summed E-state index contributed by atoms with van der Waals surface area (Å²) in [6.07, 6.45) is 1.86. The number of hydrogen-bond donors (Lipinski definition) is 2. The molecule has 1 aliphatic rings. The third kappa shape index (κ3) is 6.76. The third-order valence-electron chi connectivity index (χ3n) is 5.17. The molecule has 6 nitrogen and oxygen atoms in total. The molecule has 0 radical (unpaired) electrons. The Morgan fingerprint density at radius 1 is 1.03 bits per heavy atom. The minimum Gasteiger partial charge on any atom is -0.380 e. The van der Waals surface area contributed by atoms with Crippen molar-refractivity contribution in [1.82, 2.24) is 15.2 Å². The highest BCUT2D eigenvalue weighted by Crippen LogP contribution is 2.14. The van der Waals surface area contributed by atoms with Gasteiger partial charge in [-0.25, -0.2) is 4.98 Å². The maximum Gasteiger partial charge on any atom is 0.193 e. The van der Waals surface area contributed by atoms with Crippen LogP contribution in [0.15, 0.2) is 59.7 Å². The first-order valence-corrected chi connectivity index (χ1v) is 10.1. The van der Waals surface area contributed by atoms with Crippen LogP contribution in [0, 0.1) is 5.92 Å². The van der Waals surface area contributed by atoms with Gasteiger partial charge in [0.15, 0.2) is 5.96 Å². The average molecular weight is 508 g/mol. The molecule has 1 aliphatic heterocycles. The number of guanidine groups is 1. The van der Waals surface area contributed by atoms with E-state index < -0.39 is 0 Å². The Kier molecular flexibility index (Phi) is 9.50. The number of aliphatic imine (C=N–C) groups is 1. The first kappa shape index (κ1) is 23.3. The van der Waals surface area contributed by atoms with Crippen molar-refractivity contribution in [2.24, 2.45) is 10.9 Å². The lowest BCUT2D eigenvalue weighted by Crippen LogP contribution is -2.54. The van der Waals surface area contributed by atoms with Crippen LogP contribution in [0.25, 0.3) is 0 Å². The van der Waals surface area contributed by atoms with Gasteiger partial charge in [-0.1, -0.05) is 38.1 Å². The molecule has 0 amide bonds. The summed E-state index contributed by atoms with van der Waals surface area (Å²) >= 11 is 0. The van der Waals surface area contributed by atoms with Crippen molar-refractivity contribution < 1.29 is 0 Å². The first-order valence-electron chi connectivity index (χ1n) is 10.1. The number of pyridine rings is 1. The summed E-state index contributed by atoms with van der Waals surface area (Å²) < 4.78 is 0. The summed E-state index contributed by atoms with van der Waals surface area (Å²) in [5.41, 5.74) is 1.15. The molecule has 2 heterocycles. The molecule has 1 atom stereocenters. The van der Waals surface area contributed by atoms with E-state index in [0.717, 1.165) is 50.2 Å². The molecule has 1 aromatic carbocycles. The molecule has 7 heteroatoms. The molecule has 1 fully saturated rings. The molecule has 0 bridgehead atoms. The summed E-state index contributed by atoms with van der Waals surface area (Å²) in [6.45, 7) is 9.11. The number of aromatic nitrogens is 1. The van der Waals surface area contributed by atoms with Gasteiger partial charge < -0.3 is 20.4 Å². The van der Waals surface area contributed by atoms with Gasteiger partial charge >= 0.3 is 0 Å². The van der Waals surface area contributed by atoms with Crippen LogP contribution in [0.5, 0.6) is 0 Å². The Morgan fingerprint density at radius 3 is 2.31 bits per heavy atom. The van der Waals surface area contributed by atoms with E-state index in [0.29, 0.717) is 12.0 Å². The highest BCUT2D eigenvalue weighted by molar-refractivity contribution is 14.0. The van der Waals surface area contributed by atoms with Crippen LogP contribution >= 0.6 is 24.0 Å². The van der Waals surface area contributed by atoms with Crippen LogP contribution < -0.4 is 15.5 Å². The van der Waals surface area contributed by atoms with Crippen molar-refractivity contribution in [3.63, 3.8) is 0 Å². The van der Waals surface area contributed by atoms with Gasteiger partial charge in [-0.3, -0.25) is 4.99 Å². The molecule has 1 unspecified atom stereocenters. The van der Waals surface area contributed by atoms with Crippen LogP contribution in [-0.2, 0) is 0 Å². The number of para-hydroxylation sites is 1. The van der Waals surface area contributed by atoms with Crippen molar-refractivity contribution >= 4 is 41.4 Å². The summed E-state index contributed by atoms with van der Waals surface area (Å²) in [6, 6.07) is 16.8. The molecule has 0 aliphatic carbocycles. The molecule has 29 heavy (non-hydrogen) atoms. The molecule has 3 rings (SSSR count). The van der Waals surface area contributed by atoms with Gasteiger partial charge in [0, 0.05) is 57.7 Å². The standard InChI is InChI=1S/C22H32N6.HI/c1-18(2)20(26-19-9-5-4-6-10-19)17-25-22(23-3)28-15-13-27(14-16-28)21-11-7-8-12-24-21;/h4-12,18,20,26H,13-17H2,1-3H3,(H,23,25);1H. The minimum absolute atomic E-state index is 0. The summed E-state index contributed by atoms with van der Waals surface area (Å²) in [7, 11) is 1.86. The van der Waals surface area contributed by atoms with Gasteiger partial charge in [0.1, 0.15) is 5.82 Å². The summed E-state index contributed by atoms with van der Waals surface area (Å²) in [5.74, 6) is 2.53. The van der Waals surface area contributed by atoms with E-state index in [9.17, 15) is 0 Å². The number of nitrogens with one attached hydrogen (secondary N) is 2. The Hall–Kier alpha value is -2.03. The van der Waals surface area contributed by atoms with Crippen LogP contribution in [0.2, 0.25) is 0 Å². The number of benzene rings is 1. The topological polar surface area (TPSA) is 55.8 Å². The number of rotatable bonds is 6. The van der Waals surface area contributed by atoms with E-state index in [1.807, 2.05) is 31.4 Å². The van der Waals surface area contributed by atoms with E-state index in [4.69, 9.17) is 0 Å². The Labute approximate surface area is 191 Å². The van der Waals surface area contributed by atoms with Crippen molar-refractivity contribution in [1.29, 1.82) is 0 Å². The van der Waals surface area contributed by atoms with Gasteiger partial charge in [0.05, 0.1) is 0 Å². The zero-order chi connectivity index (χ0) is 19.8. The fourth-order valence-electron chi connectivity index (χ4n) is 3.42. The number of halogens is 1. The molecular formula is C22H33IN6. The monoisotopic (exact) mass is 508 g/mol. The molecule has 0 saturated carbocycles. The minimum atomic E-state index is 0. The molecule has 1 aromatic heterocycles. The van der Waals surface area contributed by atoms with Crippen molar-refractivity contribution in [3.8, 4) is 0 Å². The van der Waals surface area contributed by atoms with E-state index >= 15 is 0 Å². The molecule has 2 N–H and O–H groups in total. The van der Waals surface area contributed by atoms with Crippen LogP contribution in [0.1, 0.15) is 13.8 Å². The number of anilines is 2. The lowest BCUT2D eigenvalue weighted by molar-refractivity contribution is 0.368. The van der Waals surface area contributed by atoms with Crippen LogP contribution in [0.3, 0.4) is 0 Å². The van der Waals surface area contributed by atoms with E-state index in [1.54, 1.807) is 0 Å². The van der Waals surface area contributed by atoms with Crippen molar-refractivity contribution in [2.45, 2.75) is 19.9 Å². The predicted molar refractivity (Wildman–Crippen MR) is 133 cm³/mol. The fraction of sp³-hybridized carbons (Fsp3) is 0.455. The zero-order valence-electron chi connectivity index (χ0n) is 17.6. The second-order valence-corrected chi connectivity index (χ2v) is 7.45. The zero-order valence-corrected chi connectivity index (χ0v) is 19.9. The highest BCUT2D eigenvalue weighted by atomic mass is 127. The van der Waals surface area contributed by atoms with E-state index in [2.05, 4.69) is 74.6 Å². The maximum absolute atomic E-state index is 4.52. The van der Waals surface area contributed by atoms with E-state index in [1.165, 1.54) is 0 Å². The molecule has 0 spiro atoms. The van der Waals surface area contributed by atoms with Gasteiger partial charge in [-0.2, -0.15) is 0 Å². The number of piperazine rings is 1. The second kappa shape index (κ2) is 11.8. The van der Waals surface area contributed by atoms with E-state index in [-0.39, 0.29) is 24.0 Å². The van der Waals surface area contributed by atoms with Crippen molar-refractivity contribution in [3.05, 3.63) is 54.7 Å². The Morgan fingerprint density at radius 2 is 1.72 bits per heavy atom. The molecule has 1 saturated heterocycles. The summed E-state index contributed by atoms with van der Waals surface area (Å²) in [5, 5.41) is 7.21. The average Bonchev–Trinajstić information content (AvgIpc) is 2.75. The van der Waals surface area contributed by atoms with Crippen LogP contribution in [0.4, 0.5) is 11.5 Å². The quantitative estimate of drug-likeness (QED) is 0.355. The molecule has 158 valence electrons. The number of hydrogen-bond acceptors (Lipinski definition) is 4. The normalized spacial score (nSPS) is 15.7. The smallest absolute Gasteiger partial charge is 0.193 e.